The lowest BCUT2D eigenvalue weighted by Gasteiger charge is -2.25. The van der Waals surface area contributed by atoms with Crippen LogP contribution >= 0.6 is 35.7 Å². The average molecular weight is 439 g/mol. The molecular weight excluding hydrogens is 412 g/mol. The van der Waals surface area contributed by atoms with Crippen LogP contribution in [0, 0.1) is 5.82 Å². The highest BCUT2D eigenvalue weighted by atomic mass is 127. The molecule has 22 heavy (non-hydrogen) atoms. The largest absolute Gasteiger partial charge is 0.357 e. The summed E-state index contributed by atoms with van der Waals surface area (Å²) in [4.78, 5) is 6.71. The van der Waals surface area contributed by atoms with Gasteiger partial charge >= 0.3 is 0 Å². The molecule has 0 heterocycles. The summed E-state index contributed by atoms with van der Waals surface area (Å²) < 4.78 is 13.4. The summed E-state index contributed by atoms with van der Waals surface area (Å²) in [5, 5.41) is 3.29. The van der Waals surface area contributed by atoms with E-state index < -0.39 is 0 Å². The third kappa shape index (κ3) is 7.67. The van der Waals surface area contributed by atoms with Crippen LogP contribution in [0.15, 0.2) is 29.3 Å². The maximum Gasteiger partial charge on any atom is 0.194 e. The van der Waals surface area contributed by atoms with Crippen molar-refractivity contribution in [2.24, 2.45) is 4.99 Å². The average Bonchev–Trinajstić information content (AvgIpc) is 2.43. The number of hydrogen-bond acceptors (Lipinski definition) is 2. The van der Waals surface area contributed by atoms with E-state index in [9.17, 15) is 4.39 Å². The van der Waals surface area contributed by atoms with E-state index in [2.05, 4.69) is 25.4 Å². The molecule has 0 radical (unpaired) electrons. The molecule has 126 valence electrons. The second-order valence-corrected chi connectivity index (χ2v) is 7.13. The van der Waals surface area contributed by atoms with Crippen LogP contribution in [0.1, 0.15) is 26.3 Å². The van der Waals surface area contributed by atoms with Crippen LogP contribution in [0.2, 0.25) is 0 Å². The SMILES string of the molecule is CCNC(=NCC(C)(C)SC)N(C)Cc1cccc(F)c1.I. The predicted octanol–water partition coefficient (Wildman–Crippen LogP) is 3.98. The van der Waals surface area contributed by atoms with Gasteiger partial charge in [-0.3, -0.25) is 4.99 Å². The Morgan fingerprint density at radius 1 is 1.41 bits per heavy atom. The van der Waals surface area contributed by atoms with Gasteiger partial charge in [0.15, 0.2) is 5.96 Å². The summed E-state index contributed by atoms with van der Waals surface area (Å²) in [6.45, 7) is 8.58. The lowest BCUT2D eigenvalue weighted by Crippen LogP contribution is -2.39. The number of halogens is 2. The molecule has 0 fully saturated rings. The lowest BCUT2D eigenvalue weighted by atomic mass is 10.2. The van der Waals surface area contributed by atoms with Gasteiger partial charge in [-0.1, -0.05) is 12.1 Å². The molecule has 0 atom stereocenters. The topological polar surface area (TPSA) is 27.6 Å². The molecular formula is C16H27FIN3S. The van der Waals surface area contributed by atoms with Crippen LogP contribution < -0.4 is 5.32 Å². The molecule has 6 heteroatoms. The van der Waals surface area contributed by atoms with Gasteiger partial charge in [-0.2, -0.15) is 11.8 Å². The van der Waals surface area contributed by atoms with E-state index in [0.717, 1.165) is 24.6 Å². The fourth-order valence-electron chi connectivity index (χ4n) is 1.78. The zero-order chi connectivity index (χ0) is 15.9. The van der Waals surface area contributed by atoms with Crippen molar-refractivity contribution in [2.45, 2.75) is 32.1 Å². The zero-order valence-electron chi connectivity index (χ0n) is 14.0. The van der Waals surface area contributed by atoms with Crippen molar-refractivity contribution in [3.05, 3.63) is 35.6 Å². The fraction of sp³-hybridized carbons (Fsp3) is 0.562. The second-order valence-electron chi connectivity index (χ2n) is 5.62. The summed E-state index contributed by atoms with van der Waals surface area (Å²) in [6.07, 6.45) is 2.10. The van der Waals surface area contributed by atoms with Crippen LogP contribution in [-0.4, -0.2) is 42.0 Å². The Morgan fingerprint density at radius 2 is 2.09 bits per heavy atom. The van der Waals surface area contributed by atoms with Crippen molar-refractivity contribution in [3.63, 3.8) is 0 Å². The molecule has 1 aromatic rings. The maximum atomic E-state index is 13.2. The van der Waals surface area contributed by atoms with Gasteiger partial charge in [0.2, 0.25) is 0 Å². The van der Waals surface area contributed by atoms with E-state index >= 15 is 0 Å². The number of rotatable bonds is 6. The standard InChI is InChI=1S/C16H26FN3S.HI/c1-6-18-15(19-12-16(2,3)21-5)20(4)11-13-8-7-9-14(17)10-13;/h7-10H,6,11-12H2,1-5H3,(H,18,19);1H. The van der Waals surface area contributed by atoms with E-state index in [1.807, 2.05) is 24.9 Å². The minimum Gasteiger partial charge on any atom is -0.357 e. The fourth-order valence-corrected chi connectivity index (χ4v) is 1.98. The number of aliphatic imine (C=N–C) groups is 1. The van der Waals surface area contributed by atoms with Crippen molar-refractivity contribution in [1.82, 2.24) is 10.2 Å². The van der Waals surface area contributed by atoms with Crippen molar-refractivity contribution < 1.29 is 4.39 Å². The van der Waals surface area contributed by atoms with Gasteiger partial charge < -0.3 is 10.2 Å². The first kappa shape index (κ1) is 21.5. The molecule has 0 aliphatic heterocycles. The molecule has 1 N–H and O–H groups in total. The van der Waals surface area contributed by atoms with E-state index in [4.69, 9.17) is 4.99 Å². The molecule has 1 rings (SSSR count). The molecule has 0 spiro atoms. The Morgan fingerprint density at radius 3 is 2.64 bits per heavy atom. The Hall–Kier alpha value is -0.500. The van der Waals surface area contributed by atoms with E-state index in [1.165, 1.54) is 6.07 Å². The first-order chi connectivity index (χ1) is 9.88. The molecule has 0 aliphatic rings. The second kappa shape index (κ2) is 10.3. The van der Waals surface area contributed by atoms with Crippen molar-refractivity contribution in [2.75, 3.05) is 26.4 Å². The van der Waals surface area contributed by atoms with E-state index in [-0.39, 0.29) is 34.5 Å². The number of guanidine groups is 1. The predicted molar refractivity (Wildman–Crippen MR) is 107 cm³/mol. The minimum absolute atomic E-state index is 0. The first-order valence-electron chi connectivity index (χ1n) is 7.17. The number of thioether (sulfide) groups is 1. The third-order valence-corrected chi connectivity index (χ3v) is 4.40. The molecule has 0 aromatic heterocycles. The van der Waals surface area contributed by atoms with Gasteiger partial charge in [0, 0.05) is 24.9 Å². The summed E-state index contributed by atoms with van der Waals surface area (Å²) in [5.41, 5.74) is 0.937. The Bertz CT molecular complexity index is 480. The van der Waals surface area contributed by atoms with Gasteiger partial charge in [-0.15, -0.1) is 24.0 Å². The Labute approximate surface area is 155 Å². The van der Waals surface area contributed by atoms with Gasteiger partial charge in [-0.05, 0) is 44.7 Å². The molecule has 0 unspecified atom stereocenters. The quantitative estimate of drug-likeness (QED) is 0.413. The molecule has 0 saturated heterocycles. The lowest BCUT2D eigenvalue weighted by molar-refractivity contribution is 0.473. The van der Waals surface area contributed by atoms with Crippen LogP contribution in [-0.2, 0) is 6.54 Å². The van der Waals surface area contributed by atoms with Gasteiger partial charge in [0.25, 0.3) is 0 Å². The minimum atomic E-state index is -0.202. The molecule has 0 aliphatic carbocycles. The van der Waals surface area contributed by atoms with Crippen LogP contribution in [0.4, 0.5) is 4.39 Å². The molecule has 0 bridgehead atoms. The third-order valence-electron chi connectivity index (χ3n) is 3.17. The van der Waals surface area contributed by atoms with E-state index in [1.54, 1.807) is 23.9 Å². The Balaban J connectivity index is 0.00000441. The van der Waals surface area contributed by atoms with Gasteiger partial charge in [-0.25, -0.2) is 4.39 Å². The van der Waals surface area contributed by atoms with Crippen LogP contribution in [0.5, 0.6) is 0 Å². The smallest absolute Gasteiger partial charge is 0.194 e. The monoisotopic (exact) mass is 439 g/mol. The number of hydrogen-bond donors (Lipinski definition) is 1. The molecule has 3 nitrogen and oxygen atoms in total. The summed E-state index contributed by atoms with van der Waals surface area (Å²) in [6, 6.07) is 6.68. The summed E-state index contributed by atoms with van der Waals surface area (Å²) in [7, 11) is 1.97. The van der Waals surface area contributed by atoms with E-state index in [0.29, 0.717) is 6.54 Å². The van der Waals surface area contributed by atoms with Crippen LogP contribution in [0.3, 0.4) is 0 Å². The number of nitrogens with one attached hydrogen (secondary N) is 1. The number of benzene rings is 1. The summed E-state index contributed by atoms with van der Waals surface area (Å²) in [5.74, 6) is 0.648. The van der Waals surface area contributed by atoms with Crippen molar-refractivity contribution in [3.8, 4) is 0 Å². The molecule has 0 amide bonds. The highest BCUT2D eigenvalue weighted by Crippen LogP contribution is 2.21. The molecule has 1 aromatic carbocycles. The zero-order valence-corrected chi connectivity index (χ0v) is 17.2. The first-order valence-corrected chi connectivity index (χ1v) is 8.39. The Kier molecular flexibility index (Phi) is 10.1. The maximum absolute atomic E-state index is 13.2. The number of nitrogens with zero attached hydrogens (tertiary/aromatic N) is 2. The highest BCUT2D eigenvalue weighted by Gasteiger charge is 2.16. The summed E-state index contributed by atoms with van der Waals surface area (Å²) >= 11 is 1.80. The van der Waals surface area contributed by atoms with Crippen LogP contribution in [0.25, 0.3) is 0 Å². The van der Waals surface area contributed by atoms with Gasteiger partial charge in [0.1, 0.15) is 5.82 Å². The van der Waals surface area contributed by atoms with Gasteiger partial charge in [0.05, 0.1) is 6.54 Å². The molecule has 0 saturated carbocycles. The van der Waals surface area contributed by atoms with Crippen molar-refractivity contribution >= 4 is 41.7 Å². The highest BCUT2D eigenvalue weighted by molar-refractivity contribution is 14.0. The normalized spacial score (nSPS) is 11.8. The van der Waals surface area contributed by atoms with Crippen molar-refractivity contribution in [1.29, 1.82) is 0 Å².